The van der Waals surface area contributed by atoms with E-state index in [1.807, 2.05) is 5.32 Å². The number of halogens is 2. The molecule has 96 valence electrons. The molecule has 7 nitrogen and oxygen atoms in total. The van der Waals surface area contributed by atoms with Gasteiger partial charge in [0.15, 0.2) is 0 Å². The Balaban J connectivity index is 3.03. The summed E-state index contributed by atoms with van der Waals surface area (Å²) in [6.07, 6.45) is 1.09. The molecule has 0 fully saturated rings. The molecular formula is C9H8F2N4O3. The van der Waals surface area contributed by atoms with Crippen LogP contribution in [0.4, 0.5) is 20.3 Å². The van der Waals surface area contributed by atoms with Gasteiger partial charge in [0.25, 0.3) is 5.92 Å². The maximum atomic E-state index is 12.8. The van der Waals surface area contributed by atoms with Crippen LogP contribution in [0.25, 0.3) is 0 Å². The third-order valence-corrected chi connectivity index (χ3v) is 1.97. The van der Waals surface area contributed by atoms with Crippen molar-refractivity contribution in [3.8, 4) is 6.07 Å². The molecule has 2 N–H and O–H groups in total. The summed E-state index contributed by atoms with van der Waals surface area (Å²) < 4.78 is 25.6. The number of aromatic nitrogens is 1. The third-order valence-electron chi connectivity index (χ3n) is 1.97. The van der Waals surface area contributed by atoms with Gasteiger partial charge in [0.1, 0.15) is 18.2 Å². The zero-order valence-electron chi connectivity index (χ0n) is 8.93. The fourth-order valence-corrected chi connectivity index (χ4v) is 1.13. The molecule has 0 atom stereocenters. The minimum Gasteiger partial charge on any atom is -0.390 e. The molecule has 0 bridgehead atoms. The number of nitriles is 1. The van der Waals surface area contributed by atoms with E-state index in [0.29, 0.717) is 0 Å². The second-order valence-electron chi connectivity index (χ2n) is 3.29. The minimum absolute atomic E-state index is 0.287. The molecule has 9 heteroatoms. The first-order valence-corrected chi connectivity index (χ1v) is 4.67. The first-order valence-electron chi connectivity index (χ1n) is 4.67. The van der Waals surface area contributed by atoms with Crippen LogP contribution in [-0.2, 0) is 0 Å². The summed E-state index contributed by atoms with van der Waals surface area (Å²) in [5.74, 6) is -3.87. The quantitative estimate of drug-likeness (QED) is 0.599. The average molecular weight is 258 g/mol. The number of rotatable bonds is 5. The van der Waals surface area contributed by atoms with E-state index in [-0.39, 0.29) is 5.56 Å². The number of nitrogens with zero attached hydrogens (tertiary/aromatic N) is 3. The lowest BCUT2D eigenvalue weighted by Gasteiger charge is -2.14. The summed E-state index contributed by atoms with van der Waals surface area (Å²) in [7, 11) is 0. The van der Waals surface area contributed by atoms with Crippen LogP contribution in [0.3, 0.4) is 0 Å². The van der Waals surface area contributed by atoms with Gasteiger partial charge in [-0.05, 0) is 6.07 Å². The summed E-state index contributed by atoms with van der Waals surface area (Å²) in [5, 5.41) is 29.8. The number of hydrogen-bond acceptors (Lipinski definition) is 6. The number of alkyl halides is 2. The van der Waals surface area contributed by atoms with Gasteiger partial charge in [-0.3, -0.25) is 10.1 Å². The second kappa shape index (κ2) is 5.33. The number of aliphatic hydroxyl groups excluding tert-OH is 1. The Labute approximate surface area is 99.8 Å². The van der Waals surface area contributed by atoms with E-state index in [2.05, 4.69) is 4.98 Å². The molecule has 0 spiro atoms. The average Bonchev–Trinajstić information content (AvgIpc) is 2.35. The van der Waals surface area contributed by atoms with Crippen molar-refractivity contribution in [3.05, 3.63) is 27.9 Å². The van der Waals surface area contributed by atoms with Gasteiger partial charge in [0.05, 0.1) is 11.5 Å². The molecule has 0 aliphatic heterocycles. The molecule has 0 aromatic carbocycles. The molecule has 1 aromatic heterocycles. The Morgan fingerprint density at radius 2 is 2.33 bits per heavy atom. The molecule has 0 amide bonds. The first kappa shape index (κ1) is 13.7. The molecule has 0 radical (unpaired) electrons. The van der Waals surface area contributed by atoms with Crippen LogP contribution in [0.15, 0.2) is 12.3 Å². The second-order valence-corrected chi connectivity index (χ2v) is 3.29. The first-order chi connectivity index (χ1) is 8.41. The SMILES string of the molecule is N#Cc1ccnc(NCC(F)(F)CO)c1[N+](=O)[O-]. The van der Waals surface area contributed by atoms with E-state index in [0.717, 1.165) is 12.3 Å². The van der Waals surface area contributed by atoms with Gasteiger partial charge in [-0.25, -0.2) is 13.8 Å². The number of anilines is 1. The van der Waals surface area contributed by atoms with Gasteiger partial charge in [0, 0.05) is 6.20 Å². The van der Waals surface area contributed by atoms with Gasteiger partial charge in [-0.15, -0.1) is 0 Å². The molecule has 0 saturated carbocycles. The number of nitrogens with one attached hydrogen (secondary N) is 1. The fourth-order valence-electron chi connectivity index (χ4n) is 1.13. The van der Waals surface area contributed by atoms with Crippen LogP contribution in [0.2, 0.25) is 0 Å². The molecule has 0 saturated heterocycles. The van der Waals surface area contributed by atoms with Crippen LogP contribution in [0.5, 0.6) is 0 Å². The molecule has 1 aromatic rings. The van der Waals surface area contributed by atoms with Crippen LogP contribution < -0.4 is 5.32 Å². The van der Waals surface area contributed by atoms with Crippen LogP contribution in [0.1, 0.15) is 5.56 Å². The molecule has 1 heterocycles. The Bertz CT molecular complexity index is 501. The van der Waals surface area contributed by atoms with Crippen molar-refractivity contribution in [1.29, 1.82) is 5.26 Å². The van der Waals surface area contributed by atoms with E-state index in [4.69, 9.17) is 10.4 Å². The zero-order valence-corrected chi connectivity index (χ0v) is 8.93. The van der Waals surface area contributed by atoms with Crippen molar-refractivity contribution < 1.29 is 18.8 Å². The number of aliphatic hydroxyl groups is 1. The van der Waals surface area contributed by atoms with Gasteiger partial charge in [-0.1, -0.05) is 0 Å². The maximum Gasteiger partial charge on any atom is 0.328 e. The molecule has 1 rings (SSSR count). The van der Waals surface area contributed by atoms with Gasteiger partial charge in [-0.2, -0.15) is 5.26 Å². The molecule has 0 aliphatic carbocycles. The monoisotopic (exact) mass is 258 g/mol. The van der Waals surface area contributed by atoms with E-state index in [9.17, 15) is 18.9 Å². The van der Waals surface area contributed by atoms with Crippen LogP contribution in [0, 0.1) is 21.4 Å². The standard InChI is InChI=1S/C9H8F2N4O3/c10-9(11,5-16)4-14-8-7(15(17)18)6(3-12)1-2-13-8/h1-2,16H,4-5H2,(H,13,14). The van der Waals surface area contributed by atoms with E-state index >= 15 is 0 Å². The van der Waals surface area contributed by atoms with E-state index < -0.39 is 35.5 Å². The highest BCUT2D eigenvalue weighted by Crippen LogP contribution is 2.26. The summed E-state index contributed by atoms with van der Waals surface area (Å²) >= 11 is 0. The number of pyridine rings is 1. The summed E-state index contributed by atoms with van der Waals surface area (Å²) in [5.41, 5.74) is -0.960. The van der Waals surface area contributed by atoms with Gasteiger partial charge < -0.3 is 10.4 Å². The van der Waals surface area contributed by atoms with Crippen molar-refractivity contribution in [2.45, 2.75) is 5.92 Å². The highest BCUT2D eigenvalue weighted by Gasteiger charge is 2.29. The van der Waals surface area contributed by atoms with Gasteiger partial charge >= 0.3 is 5.69 Å². The zero-order chi connectivity index (χ0) is 13.8. The topological polar surface area (TPSA) is 112 Å². The van der Waals surface area contributed by atoms with Crippen molar-refractivity contribution in [2.24, 2.45) is 0 Å². The predicted molar refractivity (Wildman–Crippen MR) is 56.1 cm³/mol. The van der Waals surface area contributed by atoms with Crippen molar-refractivity contribution in [2.75, 3.05) is 18.5 Å². The number of nitro groups is 1. The Morgan fingerprint density at radius 3 is 2.83 bits per heavy atom. The molecule has 18 heavy (non-hydrogen) atoms. The van der Waals surface area contributed by atoms with Crippen LogP contribution in [-0.4, -0.2) is 34.1 Å². The highest BCUT2D eigenvalue weighted by molar-refractivity contribution is 5.64. The predicted octanol–water partition coefficient (Wildman–Crippen LogP) is 0.901. The Hall–Kier alpha value is -2.34. The highest BCUT2D eigenvalue weighted by atomic mass is 19.3. The largest absolute Gasteiger partial charge is 0.390 e. The molecule has 0 aliphatic rings. The smallest absolute Gasteiger partial charge is 0.328 e. The number of hydrogen-bond donors (Lipinski definition) is 2. The van der Waals surface area contributed by atoms with E-state index in [1.54, 1.807) is 6.07 Å². The van der Waals surface area contributed by atoms with Crippen molar-refractivity contribution in [1.82, 2.24) is 4.98 Å². The minimum atomic E-state index is -3.43. The summed E-state index contributed by atoms with van der Waals surface area (Å²) in [6, 6.07) is 2.67. The van der Waals surface area contributed by atoms with Crippen molar-refractivity contribution in [3.63, 3.8) is 0 Å². The normalized spacial score (nSPS) is 10.8. The lowest BCUT2D eigenvalue weighted by Crippen LogP contribution is -2.31. The summed E-state index contributed by atoms with van der Waals surface area (Å²) in [6.45, 7) is -2.42. The lowest BCUT2D eigenvalue weighted by atomic mass is 10.2. The Morgan fingerprint density at radius 1 is 1.67 bits per heavy atom. The lowest BCUT2D eigenvalue weighted by molar-refractivity contribution is -0.384. The molecular weight excluding hydrogens is 250 g/mol. The third kappa shape index (κ3) is 3.08. The fraction of sp³-hybridized carbons (Fsp3) is 0.333. The Kier molecular flexibility index (Phi) is 4.06. The van der Waals surface area contributed by atoms with Gasteiger partial charge in [0.2, 0.25) is 5.82 Å². The van der Waals surface area contributed by atoms with E-state index in [1.165, 1.54) is 0 Å². The van der Waals surface area contributed by atoms with Crippen LogP contribution >= 0.6 is 0 Å². The van der Waals surface area contributed by atoms with Crippen molar-refractivity contribution >= 4 is 11.5 Å². The maximum absolute atomic E-state index is 12.8. The molecule has 0 unspecified atom stereocenters. The summed E-state index contributed by atoms with van der Waals surface area (Å²) in [4.78, 5) is 13.4.